The Morgan fingerprint density at radius 2 is 2.12 bits per heavy atom. The molecule has 0 aromatic carbocycles. The minimum absolute atomic E-state index is 0.0686. The van der Waals surface area contributed by atoms with Crippen LogP contribution in [0, 0.1) is 0 Å². The zero-order valence-corrected chi connectivity index (χ0v) is 12.2. The molecule has 5 nitrogen and oxygen atoms in total. The van der Waals surface area contributed by atoms with Gasteiger partial charge in [0.15, 0.2) is 0 Å². The lowest BCUT2D eigenvalue weighted by molar-refractivity contribution is 0.159. The van der Waals surface area contributed by atoms with Gasteiger partial charge in [0.1, 0.15) is 5.25 Å². The first-order valence-corrected chi connectivity index (χ1v) is 7.70. The van der Waals surface area contributed by atoms with Crippen molar-refractivity contribution < 1.29 is 8.42 Å². The van der Waals surface area contributed by atoms with Gasteiger partial charge in [-0.3, -0.25) is 0 Å². The normalized spacial score (nSPS) is 25.7. The van der Waals surface area contributed by atoms with Crippen LogP contribution in [-0.2, 0) is 10.0 Å². The quantitative estimate of drug-likeness (QED) is 0.735. The number of rotatable bonds is 4. The fourth-order valence-corrected chi connectivity index (χ4v) is 4.35. The summed E-state index contributed by atoms with van der Waals surface area (Å²) in [6.45, 7) is 5.58. The molecule has 1 heterocycles. The van der Waals surface area contributed by atoms with Crippen molar-refractivity contribution in [3.8, 4) is 0 Å². The van der Waals surface area contributed by atoms with Gasteiger partial charge in [0.2, 0.25) is 10.0 Å². The van der Waals surface area contributed by atoms with Crippen molar-refractivity contribution in [1.29, 1.82) is 0 Å². The summed E-state index contributed by atoms with van der Waals surface area (Å²) in [6.07, 6.45) is 0.429. The van der Waals surface area contributed by atoms with Crippen LogP contribution in [0.4, 0.5) is 0 Å². The number of nitrogens with zero attached hydrogens (tertiary/aromatic N) is 2. The van der Waals surface area contributed by atoms with E-state index < -0.39 is 15.3 Å². The number of thiocarbonyl (C=S) groups is 1. The molecule has 0 aromatic rings. The van der Waals surface area contributed by atoms with Gasteiger partial charge in [-0.25, -0.2) is 8.42 Å². The first kappa shape index (κ1) is 14.8. The van der Waals surface area contributed by atoms with Crippen LogP contribution in [0.3, 0.4) is 0 Å². The van der Waals surface area contributed by atoms with Gasteiger partial charge in [-0.2, -0.15) is 4.31 Å². The summed E-state index contributed by atoms with van der Waals surface area (Å²) in [7, 11) is -1.39. The molecule has 0 amide bonds. The Balaban J connectivity index is 2.87. The minimum Gasteiger partial charge on any atom is -0.392 e. The number of nitrogens with two attached hydrogens (primary N) is 1. The Hall–Kier alpha value is -0.240. The summed E-state index contributed by atoms with van der Waals surface area (Å²) in [6, 6.07) is 0.224. The maximum atomic E-state index is 12.4. The van der Waals surface area contributed by atoms with Crippen molar-refractivity contribution in [2.24, 2.45) is 5.73 Å². The summed E-state index contributed by atoms with van der Waals surface area (Å²) in [5.41, 5.74) is 5.52. The summed E-state index contributed by atoms with van der Waals surface area (Å²) in [4.78, 5) is 2.22. The molecule has 2 unspecified atom stereocenters. The number of hydrogen-bond donors (Lipinski definition) is 1. The maximum Gasteiger partial charge on any atom is 0.223 e. The molecule has 17 heavy (non-hydrogen) atoms. The van der Waals surface area contributed by atoms with Crippen molar-refractivity contribution in [2.75, 3.05) is 26.7 Å². The Labute approximate surface area is 109 Å². The van der Waals surface area contributed by atoms with Gasteiger partial charge in [-0.15, -0.1) is 0 Å². The smallest absolute Gasteiger partial charge is 0.223 e. The molecule has 1 fully saturated rings. The van der Waals surface area contributed by atoms with Gasteiger partial charge in [0, 0.05) is 25.7 Å². The van der Waals surface area contributed by atoms with Crippen molar-refractivity contribution >= 4 is 27.2 Å². The van der Waals surface area contributed by atoms with Crippen LogP contribution in [0.2, 0.25) is 0 Å². The topological polar surface area (TPSA) is 66.6 Å². The molecule has 7 heteroatoms. The lowest BCUT2D eigenvalue weighted by Gasteiger charge is -2.38. The van der Waals surface area contributed by atoms with E-state index in [1.54, 1.807) is 6.92 Å². The number of piperazine rings is 1. The molecule has 2 atom stereocenters. The number of likely N-dealkylation sites (N-methyl/N-ethyl adjacent to an activating group) is 1. The molecule has 1 saturated heterocycles. The first-order chi connectivity index (χ1) is 7.80. The van der Waals surface area contributed by atoms with E-state index in [1.165, 1.54) is 4.31 Å². The molecule has 2 N–H and O–H groups in total. The molecule has 1 rings (SSSR count). The van der Waals surface area contributed by atoms with Gasteiger partial charge in [-0.05, 0) is 20.4 Å². The molecule has 0 spiro atoms. The predicted octanol–water partition coefficient (Wildman–Crippen LogP) is 0.0168. The highest BCUT2D eigenvalue weighted by Gasteiger charge is 2.36. The molecular weight excluding hydrogens is 258 g/mol. The van der Waals surface area contributed by atoms with E-state index in [0.717, 1.165) is 6.54 Å². The van der Waals surface area contributed by atoms with E-state index >= 15 is 0 Å². The second kappa shape index (κ2) is 5.60. The molecule has 1 aliphatic heterocycles. The van der Waals surface area contributed by atoms with Gasteiger partial charge < -0.3 is 10.6 Å². The van der Waals surface area contributed by atoms with E-state index in [-0.39, 0.29) is 11.0 Å². The summed E-state index contributed by atoms with van der Waals surface area (Å²) in [5.74, 6) is 0. The SMILES string of the molecule is CCC(C(N)=S)S(=O)(=O)N1CCN(C)C(C)C1. The average molecular weight is 279 g/mol. The molecule has 0 saturated carbocycles. The third-order valence-corrected chi connectivity index (χ3v) is 6.12. The van der Waals surface area contributed by atoms with E-state index in [2.05, 4.69) is 4.90 Å². The highest BCUT2D eigenvalue weighted by molar-refractivity contribution is 7.92. The van der Waals surface area contributed by atoms with Crippen LogP contribution in [0.25, 0.3) is 0 Å². The summed E-state index contributed by atoms with van der Waals surface area (Å²) in [5, 5.41) is -0.729. The van der Waals surface area contributed by atoms with Crippen LogP contribution in [0.5, 0.6) is 0 Å². The van der Waals surface area contributed by atoms with E-state index in [4.69, 9.17) is 18.0 Å². The summed E-state index contributed by atoms with van der Waals surface area (Å²) < 4.78 is 26.2. The lowest BCUT2D eigenvalue weighted by Crippen LogP contribution is -2.55. The predicted molar refractivity (Wildman–Crippen MR) is 73.4 cm³/mol. The Morgan fingerprint density at radius 3 is 2.53 bits per heavy atom. The average Bonchev–Trinajstić information content (AvgIpc) is 2.21. The molecule has 0 aromatic heterocycles. The van der Waals surface area contributed by atoms with E-state index in [1.807, 2.05) is 14.0 Å². The minimum atomic E-state index is -3.39. The van der Waals surface area contributed by atoms with Crippen LogP contribution in [0.1, 0.15) is 20.3 Å². The zero-order chi connectivity index (χ0) is 13.2. The summed E-state index contributed by atoms with van der Waals surface area (Å²) >= 11 is 4.85. The Kier molecular flexibility index (Phi) is 4.88. The van der Waals surface area contributed by atoms with Crippen molar-refractivity contribution in [3.63, 3.8) is 0 Å². The second-order valence-corrected chi connectivity index (χ2v) is 7.12. The highest BCUT2D eigenvalue weighted by Crippen LogP contribution is 2.17. The molecule has 0 radical (unpaired) electrons. The zero-order valence-electron chi connectivity index (χ0n) is 10.6. The van der Waals surface area contributed by atoms with Gasteiger partial charge in [-0.1, -0.05) is 19.1 Å². The number of hydrogen-bond acceptors (Lipinski definition) is 4. The monoisotopic (exact) mass is 279 g/mol. The van der Waals surface area contributed by atoms with Crippen molar-refractivity contribution in [2.45, 2.75) is 31.6 Å². The Morgan fingerprint density at radius 1 is 1.53 bits per heavy atom. The fourth-order valence-electron chi connectivity index (χ4n) is 1.98. The van der Waals surface area contributed by atoms with Crippen LogP contribution in [0.15, 0.2) is 0 Å². The molecule has 0 bridgehead atoms. The highest BCUT2D eigenvalue weighted by atomic mass is 32.2. The maximum absolute atomic E-state index is 12.4. The largest absolute Gasteiger partial charge is 0.392 e. The van der Waals surface area contributed by atoms with Gasteiger partial charge >= 0.3 is 0 Å². The standard InChI is InChI=1S/C10H21N3O2S2/c1-4-9(10(11)16)17(14,15)13-6-5-12(3)8(2)7-13/h8-9H,4-7H2,1-3H3,(H2,11,16). The van der Waals surface area contributed by atoms with Gasteiger partial charge in [0.05, 0.1) is 4.99 Å². The molecule has 0 aliphatic carbocycles. The third kappa shape index (κ3) is 3.15. The van der Waals surface area contributed by atoms with E-state index in [0.29, 0.717) is 19.5 Å². The molecule has 100 valence electrons. The Bertz CT molecular complexity index is 383. The van der Waals surface area contributed by atoms with Crippen molar-refractivity contribution in [1.82, 2.24) is 9.21 Å². The van der Waals surface area contributed by atoms with Gasteiger partial charge in [0.25, 0.3) is 0 Å². The molecule has 1 aliphatic rings. The molecular formula is C10H21N3O2S2. The van der Waals surface area contributed by atoms with E-state index in [9.17, 15) is 8.42 Å². The van der Waals surface area contributed by atoms with Crippen LogP contribution < -0.4 is 5.73 Å². The second-order valence-electron chi connectivity index (χ2n) is 4.53. The third-order valence-electron chi connectivity index (χ3n) is 3.33. The lowest BCUT2D eigenvalue weighted by atomic mass is 10.2. The van der Waals surface area contributed by atoms with Crippen LogP contribution >= 0.6 is 12.2 Å². The van der Waals surface area contributed by atoms with Crippen LogP contribution in [-0.4, -0.2) is 60.6 Å². The van der Waals surface area contributed by atoms with Crippen molar-refractivity contribution in [3.05, 3.63) is 0 Å². The fraction of sp³-hybridized carbons (Fsp3) is 0.900. The number of sulfonamides is 1. The first-order valence-electron chi connectivity index (χ1n) is 5.79.